The minimum atomic E-state index is 1.22. The van der Waals surface area contributed by atoms with Crippen molar-refractivity contribution in [2.45, 2.75) is 0 Å². The zero-order chi connectivity index (χ0) is 45.9. The van der Waals surface area contributed by atoms with Crippen LogP contribution in [0.2, 0.25) is 0 Å². The van der Waals surface area contributed by atoms with E-state index in [0.29, 0.717) is 0 Å². The summed E-state index contributed by atoms with van der Waals surface area (Å²) in [5, 5.41) is 10.2. The largest absolute Gasteiger partial charge is 0.0622 e. The molecule has 0 heteroatoms. The second-order valence-corrected chi connectivity index (χ2v) is 18.9. The lowest BCUT2D eigenvalue weighted by Gasteiger charge is -2.20. The Balaban J connectivity index is 1.07. The van der Waals surface area contributed by atoms with Crippen LogP contribution >= 0.6 is 0 Å². The first-order valence-electron chi connectivity index (χ1n) is 24.4. The predicted octanol–water partition coefficient (Wildman–Crippen LogP) is 19.6. The van der Waals surface area contributed by atoms with E-state index in [1.807, 2.05) is 0 Å². The van der Waals surface area contributed by atoms with Gasteiger partial charge in [-0.1, -0.05) is 243 Å². The minimum absolute atomic E-state index is 1.22. The summed E-state index contributed by atoms with van der Waals surface area (Å²) in [7, 11) is 0. The summed E-state index contributed by atoms with van der Waals surface area (Å²) in [6.45, 7) is 0. The van der Waals surface area contributed by atoms with Crippen molar-refractivity contribution in [1.29, 1.82) is 0 Å². The fourth-order valence-electron chi connectivity index (χ4n) is 12.6. The van der Waals surface area contributed by atoms with Gasteiger partial charge < -0.3 is 0 Å². The van der Waals surface area contributed by atoms with Crippen molar-refractivity contribution < 1.29 is 0 Å². The van der Waals surface area contributed by atoms with E-state index in [4.69, 9.17) is 0 Å². The van der Waals surface area contributed by atoms with Gasteiger partial charge in [0.2, 0.25) is 0 Å². The summed E-state index contributed by atoms with van der Waals surface area (Å²) in [5.41, 5.74) is 25.4. The second kappa shape index (κ2) is 15.2. The van der Waals surface area contributed by atoms with Gasteiger partial charge in [-0.15, -0.1) is 0 Å². The summed E-state index contributed by atoms with van der Waals surface area (Å²) in [6.07, 6.45) is 0. The molecule has 0 radical (unpaired) electrons. The molecule has 2 aliphatic carbocycles. The molecule has 0 unspecified atom stereocenters. The van der Waals surface area contributed by atoms with Gasteiger partial charge in [0, 0.05) is 0 Å². The van der Waals surface area contributed by atoms with Gasteiger partial charge in [0.25, 0.3) is 0 Å². The van der Waals surface area contributed by atoms with Crippen LogP contribution in [0.3, 0.4) is 0 Å². The molecule has 15 rings (SSSR count). The normalized spacial score (nSPS) is 12.0. The molecule has 0 nitrogen and oxygen atoms in total. The Bertz CT molecular complexity index is 4190. The summed E-state index contributed by atoms with van der Waals surface area (Å²) in [6, 6.07) is 95.0. The molecule has 0 N–H and O–H groups in total. The van der Waals surface area contributed by atoms with Gasteiger partial charge in [0.15, 0.2) is 0 Å². The fourth-order valence-corrected chi connectivity index (χ4v) is 12.6. The van der Waals surface area contributed by atoms with Crippen LogP contribution in [-0.4, -0.2) is 0 Å². The first kappa shape index (κ1) is 38.9. The molecule has 322 valence electrons. The van der Waals surface area contributed by atoms with Crippen LogP contribution < -0.4 is 0 Å². The maximum atomic E-state index is 2.54. The highest BCUT2D eigenvalue weighted by molar-refractivity contribution is 6.31. The van der Waals surface area contributed by atoms with Crippen molar-refractivity contribution in [3.8, 4) is 111 Å². The van der Waals surface area contributed by atoms with Crippen LogP contribution in [0.1, 0.15) is 0 Å². The Hall–Kier alpha value is -9.10. The molecule has 0 aliphatic heterocycles. The number of rotatable bonds is 6. The Morgan fingerprint density at radius 1 is 0.143 bits per heavy atom. The number of fused-ring (bicyclic) bond motifs is 8. The predicted molar refractivity (Wildman–Crippen MR) is 298 cm³/mol. The average molecular weight is 883 g/mol. The van der Waals surface area contributed by atoms with Crippen LogP contribution in [0, 0.1) is 0 Å². The van der Waals surface area contributed by atoms with Crippen LogP contribution in [0.25, 0.3) is 154 Å². The smallest absolute Gasteiger partial charge is 0.000719 e. The molecule has 0 atom stereocenters. The van der Waals surface area contributed by atoms with E-state index in [1.165, 1.54) is 154 Å². The summed E-state index contributed by atoms with van der Waals surface area (Å²) < 4.78 is 0. The van der Waals surface area contributed by atoms with E-state index >= 15 is 0 Å². The molecular weight excluding hydrogens is 841 g/mol. The third-order valence-electron chi connectivity index (χ3n) is 15.3. The average Bonchev–Trinajstić information content (AvgIpc) is 3.94. The molecule has 0 spiro atoms. The Kier molecular flexibility index (Phi) is 8.46. The summed E-state index contributed by atoms with van der Waals surface area (Å²) >= 11 is 0. The molecule has 13 aromatic carbocycles. The lowest BCUT2D eigenvalue weighted by molar-refractivity contribution is 1.62. The van der Waals surface area contributed by atoms with Crippen LogP contribution in [0.15, 0.2) is 255 Å². The van der Waals surface area contributed by atoms with Crippen molar-refractivity contribution >= 4 is 43.1 Å². The molecule has 0 amide bonds. The maximum Gasteiger partial charge on any atom is -0.000719 e. The van der Waals surface area contributed by atoms with Gasteiger partial charge in [-0.05, 0) is 166 Å². The van der Waals surface area contributed by atoms with Crippen LogP contribution in [0.4, 0.5) is 0 Å². The number of hydrogen-bond acceptors (Lipinski definition) is 0. The highest BCUT2D eigenvalue weighted by Crippen LogP contribution is 2.61. The lowest BCUT2D eigenvalue weighted by atomic mass is 9.82. The van der Waals surface area contributed by atoms with Gasteiger partial charge in [0.05, 0.1) is 0 Å². The van der Waals surface area contributed by atoms with E-state index in [9.17, 15) is 0 Å². The summed E-state index contributed by atoms with van der Waals surface area (Å²) in [4.78, 5) is 0. The van der Waals surface area contributed by atoms with E-state index in [0.717, 1.165) is 0 Å². The van der Waals surface area contributed by atoms with Gasteiger partial charge in [-0.2, -0.15) is 0 Å². The SMILES string of the molecule is c1ccc(-c2c3c(c(-c4ccccc4)c4ccccc24)-c2ccc(-c4cc5c6c(ccc(-c7ccccc7)c6c4)-c4c-5c(-c5ccccc5)c5ccccc5c4-c4ccccc4)c4cccc-3c24)cc1. The third kappa shape index (κ3) is 5.53. The van der Waals surface area contributed by atoms with Gasteiger partial charge >= 0.3 is 0 Å². The van der Waals surface area contributed by atoms with Crippen molar-refractivity contribution in [2.24, 2.45) is 0 Å². The van der Waals surface area contributed by atoms with Gasteiger partial charge in [-0.3, -0.25) is 0 Å². The molecule has 70 heavy (non-hydrogen) atoms. The third-order valence-corrected chi connectivity index (χ3v) is 15.3. The van der Waals surface area contributed by atoms with Crippen LogP contribution in [-0.2, 0) is 0 Å². The lowest BCUT2D eigenvalue weighted by Crippen LogP contribution is -1.93. The van der Waals surface area contributed by atoms with Gasteiger partial charge in [-0.25, -0.2) is 0 Å². The van der Waals surface area contributed by atoms with Crippen molar-refractivity contribution in [3.05, 3.63) is 255 Å². The molecular formula is C70H42. The zero-order valence-corrected chi connectivity index (χ0v) is 38.2. The molecule has 0 saturated carbocycles. The first-order chi connectivity index (χ1) is 34.8. The van der Waals surface area contributed by atoms with Crippen molar-refractivity contribution in [3.63, 3.8) is 0 Å². The molecule has 0 saturated heterocycles. The highest BCUT2D eigenvalue weighted by atomic mass is 14.4. The van der Waals surface area contributed by atoms with Crippen LogP contribution in [0.5, 0.6) is 0 Å². The topological polar surface area (TPSA) is 0 Å². The fraction of sp³-hybridized carbons (Fsp3) is 0. The van der Waals surface area contributed by atoms with Crippen molar-refractivity contribution in [2.75, 3.05) is 0 Å². The van der Waals surface area contributed by atoms with Crippen molar-refractivity contribution in [1.82, 2.24) is 0 Å². The molecule has 0 heterocycles. The Labute approximate surface area is 407 Å². The van der Waals surface area contributed by atoms with E-state index < -0.39 is 0 Å². The molecule has 0 aromatic heterocycles. The Morgan fingerprint density at radius 2 is 0.443 bits per heavy atom. The number of benzene rings is 13. The quantitative estimate of drug-likeness (QED) is 0.156. The van der Waals surface area contributed by atoms with Gasteiger partial charge in [0.1, 0.15) is 0 Å². The molecule has 0 fully saturated rings. The second-order valence-electron chi connectivity index (χ2n) is 18.9. The molecule has 13 aromatic rings. The zero-order valence-electron chi connectivity index (χ0n) is 38.2. The van der Waals surface area contributed by atoms with E-state index in [2.05, 4.69) is 255 Å². The van der Waals surface area contributed by atoms with E-state index in [-0.39, 0.29) is 0 Å². The standard InChI is InChI=1S/C70H42/c1-6-21-43(22-7-1)49-37-39-58-66-59(49)41-48(42-60(66)70-64(47-29-14-5-15-30-47)55-34-19-18-33-54(55)63(69(58)70)46-27-12-4-13-28-46)50-38-40-57-65-51(50)35-20-36-56(65)67-61(44-23-8-2-9-24-44)52-31-16-17-32-53(52)62(68(57)67)45-25-10-3-11-26-45/h1-42H. The number of hydrogen-bond donors (Lipinski definition) is 0. The minimum Gasteiger partial charge on any atom is -0.0622 e. The first-order valence-corrected chi connectivity index (χ1v) is 24.4. The summed E-state index contributed by atoms with van der Waals surface area (Å²) in [5.74, 6) is 0. The monoisotopic (exact) mass is 882 g/mol. The molecule has 2 aliphatic rings. The maximum absolute atomic E-state index is 2.54. The highest BCUT2D eigenvalue weighted by Gasteiger charge is 2.34. The van der Waals surface area contributed by atoms with E-state index in [1.54, 1.807) is 0 Å². The Morgan fingerprint density at radius 3 is 0.857 bits per heavy atom. The molecule has 0 bridgehead atoms.